The van der Waals surface area contributed by atoms with E-state index in [0.29, 0.717) is 46.3 Å². The van der Waals surface area contributed by atoms with E-state index in [1.54, 1.807) is 41.0 Å². The van der Waals surface area contributed by atoms with Crippen LogP contribution in [0.5, 0.6) is 0 Å². The minimum Gasteiger partial charge on any atom is -0.454 e. The molecule has 3 aromatic carbocycles. The number of carbonyl (C=O) groups is 1. The minimum atomic E-state index is -0.646. The number of ether oxygens (including phenoxy) is 1. The zero-order chi connectivity index (χ0) is 24.8. The molecule has 0 saturated carbocycles. The van der Waals surface area contributed by atoms with Crippen LogP contribution >= 0.6 is 0 Å². The Morgan fingerprint density at radius 3 is 2.53 bits per heavy atom. The molecule has 36 heavy (non-hydrogen) atoms. The Morgan fingerprint density at radius 2 is 1.69 bits per heavy atom. The van der Waals surface area contributed by atoms with E-state index < -0.39 is 11.8 Å². The Morgan fingerprint density at radius 1 is 0.917 bits per heavy atom. The Kier molecular flexibility index (Phi) is 5.18. The lowest BCUT2D eigenvalue weighted by molar-refractivity contribution is 0.0459. The molecule has 1 aliphatic rings. The number of hydrogen-bond acceptors (Lipinski definition) is 6. The molecule has 6 rings (SSSR count). The third kappa shape index (κ3) is 3.65. The first-order chi connectivity index (χ1) is 17.5. The van der Waals surface area contributed by atoms with Crippen molar-refractivity contribution in [2.24, 2.45) is 0 Å². The van der Waals surface area contributed by atoms with Crippen LogP contribution in [0.4, 0.5) is 4.39 Å². The third-order valence-electron chi connectivity index (χ3n) is 6.31. The number of para-hydroxylation sites is 1. The predicted molar refractivity (Wildman–Crippen MR) is 131 cm³/mol. The summed E-state index contributed by atoms with van der Waals surface area (Å²) in [7, 11) is 0. The van der Waals surface area contributed by atoms with Gasteiger partial charge in [-0.1, -0.05) is 12.1 Å². The number of rotatable bonds is 4. The van der Waals surface area contributed by atoms with E-state index in [1.807, 2.05) is 0 Å². The highest BCUT2D eigenvalue weighted by atomic mass is 19.1. The topological polar surface area (TPSA) is 96.1 Å². The highest BCUT2D eigenvalue weighted by molar-refractivity contribution is 5.94. The number of hydrogen-bond donors (Lipinski definition) is 0. The molecule has 0 N–H and O–H groups in total. The first-order valence-electron chi connectivity index (χ1n) is 11.5. The van der Waals surface area contributed by atoms with Crippen LogP contribution in [0, 0.1) is 5.82 Å². The lowest BCUT2D eigenvalue weighted by atomic mass is 10.1. The van der Waals surface area contributed by atoms with Gasteiger partial charge in [0.25, 0.3) is 11.1 Å². The summed E-state index contributed by atoms with van der Waals surface area (Å²) < 4.78 is 22.0. The number of fused-ring (bicyclic) bond motifs is 3. The first-order valence-corrected chi connectivity index (χ1v) is 11.5. The summed E-state index contributed by atoms with van der Waals surface area (Å²) in [5.74, 6) is -0.189. The largest absolute Gasteiger partial charge is 0.454 e. The molecule has 0 atom stereocenters. The van der Waals surface area contributed by atoms with Crippen LogP contribution in [0.2, 0.25) is 0 Å². The molecule has 0 saturated heterocycles. The lowest BCUT2D eigenvalue weighted by Crippen LogP contribution is -2.25. The van der Waals surface area contributed by atoms with Gasteiger partial charge in [0, 0.05) is 13.0 Å². The highest BCUT2D eigenvalue weighted by Crippen LogP contribution is 2.18. The summed E-state index contributed by atoms with van der Waals surface area (Å²) in [6.07, 6.45) is 1.58. The number of esters is 1. The summed E-state index contributed by atoms with van der Waals surface area (Å²) in [4.78, 5) is 48.0. The molecule has 0 spiro atoms. The van der Waals surface area contributed by atoms with E-state index in [2.05, 4.69) is 9.97 Å². The van der Waals surface area contributed by atoms with Crippen LogP contribution in [0.15, 0.2) is 76.3 Å². The Bertz CT molecular complexity index is 1790. The second kappa shape index (κ2) is 8.53. The van der Waals surface area contributed by atoms with Gasteiger partial charge in [0.05, 0.1) is 33.1 Å². The number of aryl methyl sites for hydroxylation is 1. The molecule has 5 aromatic rings. The summed E-state index contributed by atoms with van der Waals surface area (Å²) in [5.41, 5.74) is 1.05. The molecule has 8 nitrogen and oxygen atoms in total. The fourth-order valence-electron chi connectivity index (χ4n) is 4.56. The van der Waals surface area contributed by atoms with Gasteiger partial charge in [-0.25, -0.2) is 19.2 Å². The van der Waals surface area contributed by atoms with Crippen molar-refractivity contribution in [1.82, 2.24) is 19.1 Å². The van der Waals surface area contributed by atoms with Crippen LogP contribution in [0.3, 0.4) is 0 Å². The van der Waals surface area contributed by atoms with Crippen molar-refractivity contribution in [2.75, 3.05) is 0 Å². The average molecular weight is 482 g/mol. The minimum absolute atomic E-state index is 0.115. The van der Waals surface area contributed by atoms with E-state index >= 15 is 0 Å². The number of halogens is 1. The molecule has 2 aromatic heterocycles. The molecule has 0 unspecified atom stereocenters. The van der Waals surface area contributed by atoms with E-state index in [9.17, 15) is 18.8 Å². The van der Waals surface area contributed by atoms with E-state index in [1.165, 1.54) is 34.9 Å². The predicted octanol–water partition coefficient (Wildman–Crippen LogP) is 3.54. The highest BCUT2D eigenvalue weighted by Gasteiger charge is 2.19. The van der Waals surface area contributed by atoms with Crippen LogP contribution in [0.1, 0.15) is 28.4 Å². The fraction of sp³-hybridized carbons (Fsp3) is 0.148. The van der Waals surface area contributed by atoms with Crippen LogP contribution in [0.25, 0.3) is 27.5 Å². The second-order valence-corrected chi connectivity index (χ2v) is 8.56. The molecule has 0 aliphatic carbocycles. The van der Waals surface area contributed by atoms with Gasteiger partial charge in [-0.2, -0.15) is 0 Å². The van der Waals surface area contributed by atoms with Gasteiger partial charge in [0.1, 0.15) is 18.2 Å². The number of carbonyl (C=O) groups excluding carboxylic acids is 1. The SMILES string of the molecule is O=C(OCc1nc2ccccc2c(=O)n1-c1ccc(F)cc1)c1ccc2c(=O)n3c(nc2c1)CCC3. The van der Waals surface area contributed by atoms with Gasteiger partial charge in [-0.15, -0.1) is 0 Å². The monoisotopic (exact) mass is 482 g/mol. The molecule has 0 amide bonds. The molecule has 0 radical (unpaired) electrons. The standard InChI is InChI=1S/C27H19FN4O4/c28-17-8-10-18(11-9-17)32-24(29-21-5-2-1-4-19(21)26(32)34)15-36-27(35)16-7-12-20-22(14-16)30-23-6-3-13-31(23)25(20)33/h1-2,4-5,7-12,14H,3,6,13,15H2. The van der Waals surface area contributed by atoms with Crippen molar-refractivity contribution in [3.8, 4) is 5.69 Å². The van der Waals surface area contributed by atoms with Crippen molar-refractivity contribution in [1.29, 1.82) is 0 Å². The molecule has 9 heteroatoms. The van der Waals surface area contributed by atoms with Crippen molar-refractivity contribution >= 4 is 27.8 Å². The Hall–Kier alpha value is -4.66. The summed E-state index contributed by atoms with van der Waals surface area (Å²) in [6.45, 7) is 0.351. The van der Waals surface area contributed by atoms with Gasteiger partial charge in [0.15, 0.2) is 5.82 Å². The normalized spacial score (nSPS) is 12.7. The summed E-state index contributed by atoms with van der Waals surface area (Å²) >= 11 is 0. The zero-order valence-electron chi connectivity index (χ0n) is 19.0. The van der Waals surface area contributed by atoms with E-state index in [-0.39, 0.29) is 29.1 Å². The van der Waals surface area contributed by atoms with Crippen LogP contribution in [-0.4, -0.2) is 25.1 Å². The smallest absolute Gasteiger partial charge is 0.338 e. The van der Waals surface area contributed by atoms with Crippen LogP contribution in [-0.2, 0) is 24.3 Å². The van der Waals surface area contributed by atoms with Gasteiger partial charge in [-0.3, -0.25) is 18.7 Å². The van der Waals surface area contributed by atoms with Gasteiger partial charge >= 0.3 is 5.97 Å². The quantitative estimate of drug-likeness (QED) is 0.364. The molecule has 178 valence electrons. The maximum atomic E-state index is 13.5. The van der Waals surface area contributed by atoms with Gasteiger partial charge < -0.3 is 4.74 Å². The van der Waals surface area contributed by atoms with Crippen molar-refractivity contribution in [3.63, 3.8) is 0 Å². The maximum Gasteiger partial charge on any atom is 0.338 e. The Labute approximate surface area is 203 Å². The first kappa shape index (κ1) is 21.8. The zero-order valence-corrected chi connectivity index (χ0v) is 19.0. The second-order valence-electron chi connectivity index (χ2n) is 8.56. The molecule has 0 bridgehead atoms. The number of benzene rings is 3. The molecule has 3 heterocycles. The van der Waals surface area contributed by atoms with E-state index in [4.69, 9.17) is 4.74 Å². The van der Waals surface area contributed by atoms with Gasteiger partial charge in [-0.05, 0) is 61.0 Å². The van der Waals surface area contributed by atoms with E-state index in [0.717, 1.165) is 6.42 Å². The maximum absolute atomic E-state index is 13.5. The van der Waals surface area contributed by atoms with Crippen molar-refractivity contribution in [2.45, 2.75) is 26.0 Å². The Balaban J connectivity index is 1.36. The molecular weight excluding hydrogens is 463 g/mol. The number of nitrogens with zero attached hydrogens (tertiary/aromatic N) is 4. The summed E-state index contributed by atoms with van der Waals surface area (Å²) in [6, 6.07) is 16.9. The van der Waals surface area contributed by atoms with Crippen molar-refractivity contribution < 1.29 is 13.9 Å². The molecular formula is C27H19FN4O4. The fourth-order valence-corrected chi connectivity index (χ4v) is 4.56. The van der Waals surface area contributed by atoms with Crippen LogP contribution < -0.4 is 11.1 Å². The molecule has 1 aliphatic heterocycles. The third-order valence-corrected chi connectivity index (χ3v) is 6.31. The average Bonchev–Trinajstić information content (AvgIpc) is 3.37. The summed E-state index contributed by atoms with van der Waals surface area (Å²) in [5, 5.41) is 0.829. The molecule has 0 fully saturated rings. The van der Waals surface area contributed by atoms with Crippen molar-refractivity contribution in [3.05, 3.63) is 110 Å². The van der Waals surface area contributed by atoms with Gasteiger partial charge in [0.2, 0.25) is 0 Å². The number of aromatic nitrogens is 4. The lowest BCUT2D eigenvalue weighted by Gasteiger charge is -2.14.